The fourth-order valence-electron chi connectivity index (χ4n) is 1.80. The topological polar surface area (TPSA) is 57.2 Å². The van der Waals surface area contributed by atoms with E-state index < -0.39 is 0 Å². The Morgan fingerprint density at radius 1 is 1.26 bits per heavy atom. The summed E-state index contributed by atoms with van der Waals surface area (Å²) in [4.78, 5) is 19.6. The van der Waals surface area contributed by atoms with Crippen molar-refractivity contribution in [2.45, 2.75) is 6.54 Å². The number of nitrogens with zero attached hydrogens (tertiary/aromatic N) is 3. The first-order valence-corrected chi connectivity index (χ1v) is 7.74. The number of amides is 1. The first kappa shape index (κ1) is 19.3. The average molecular weight is 341 g/mol. The number of methoxy groups -OCH3 is 1. The Hall–Kier alpha value is -1.79. The Morgan fingerprint density at radius 2 is 1.91 bits per heavy atom. The van der Waals surface area contributed by atoms with E-state index >= 15 is 0 Å². The molecule has 1 rings (SSSR count). The zero-order chi connectivity index (χ0) is 17.2. The molecule has 0 heterocycles. The van der Waals surface area contributed by atoms with Crippen molar-refractivity contribution in [2.24, 2.45) is 4.99 Å². The van der Waals surface area contributed by atoms with Crippen LogP contribution in [0.5, 0.6) is 0 Å². The van der Waals surface area contributed by atoms with Gasteiger partial charge in [0, 0.05) is 46.4 Å². The van der Waals surface area contributed by atoms with Crippen LogP contribution in [-0.2, 0) is 16.1 Å². The van der Waals surface area contributed by atoms with E-state index in [-0.39, 0.29) is 12.5 Å². The molecule has 0 spiro atoms. The maximum atomic E-state index is 11.7. The van der Waals surface area contributed by atoms with Gasteiger partial charge in [0.2, 0.25) is 5.91 Å². The highest BCUT2D eigenvalue weighted by atomic mass is 35.5. The van der Waals surface area contributed by atoms with Gasteiger partial charge in [-0.1, -0.05) is 23.7 Å². The zero-order valence-corrected chi connectivity index (χ0v) is 14.9. The summed E-state index contributed by atoms with van der Waals surface area (Å²) in [5.41, 5.74) is 1.11. The summed E-state index contributed by atoms with van der Waals surface area (Å²) >= 11 is 5.90. The molecule has 0 saturated carbocycles. The standard InChI is InChI=1S/C16H25ClN4O2/c1-20(2)15(22)11-19-16(18-9-10-23-4)21(3)12-13-5-7-14(17)8-6-13/h5-8H,9-12H2,1-4H3,(H,18,19). The molecule has 128 valence electrons. The lowest BCUT2D eigenvalue weighted by molar-refractivity contribution is -0.127. The number of nitrogens with one attached hydrogen (secondary N) is 1. The van der Waals surface area contributed by atoms with Crippen LogP contribution in [0.25, 0.3) is 0 Å². The second-order valence-corrected chi connectivity index (χ2v) is 5.77. The van der Waals surface area contributed by atoms with E-state index in [0.717, 1.165) is 5.56 Å². The summed E-state index contributed by atoms with van der Waals surface area (Å²) < 4.78 is 5.04. The van der Waals surface area contributed by atoms with Crippen LogP contribution in [0, 0.1) is 0 Å². The summed E-state index contributed by atoms with van der Waals surface area (Å²) in [5, 5.41) is 3.91. The summed E-state index contributed by atoms with van der Waals surface area (Å²) in [6, 6.07) is 7.65. The van der Waals surface area contributed by atoms with E-state index in [1.807, 2.05) is 36.2 Å². The van der Waals surface area contributed by atoms with Crippen LogP contribution in [-0.4, -0.2) is 69.6 Å². The maximum absolute atomic E-state index is 11.7. The minimum absolute atomic E-state index is 0.0454. The van der Waals surface area contributed by atoms with Gasteiger partial charge in [0.05, 0.1) is 6.61 Å². The Morgan fingerprint density at radius 3 is 2.48 bits per heavy atom. The number of ether oxygens (including phenoxy) is 1. The minimum Gasteiger partial charge on any atom is -0.383 e. The van der Waals surface area contributed by atoms with Crippen LogP contribution >= 0.6 is 11.6 Å². The normalized spacial score (nSPS) is 11.3. The van der Waals surface area contributed by atoms with Crippen molar-refractivity contribution in [1.29, 1.82) is 0 Å². The van der Waals surface area contributed by atoms with Crippen LogP contribution in [0.4, 0.5) is 0 Å². The Balaban J connectivity index is 2.73. The van der Waals surface area contributed by atoms with Crippen LogP contribution in [0.1, 0.15) is 5.56 Å². The van der Waals surface area contributed by atoms with Crippen molar-refractivity contribution in [3.8, 4) is 0 Å². The molecule has 23 heavy (non-hydrogen) atoms. The number of guanidine groups is 1. The molecule has 6 nitrogen and oxygen atoms in total. The lowest BCUT2D eigenvalue weighted by atomic mass is 10.2. The summed E-state index contributed by atoms with van der Waals surface area (Å²) in [6.07, 6.45) is 0. The molecule has 0 atom stereocenters. The SMILES string of the molecule is COCCNC(=NCC(=O)N(C)C)N(C)Cc1ccc(Cl)cc1. The number of hydrogen-bond acceptors (Lipinski definition) is 3. The zero-order valence-electron chi connectivity index (χ0n) is 14.2. The minimum atomic E-state index is -0.0454. The van der Waals surface area contributed by atoms with Crippen molar-refractivity contribution in [3.05, 3.63) is 34.9 Å². The monoisotopic (exact) mass is 340 g/mol. The fourth-order valence-corrected chi connectivity index (χ4v) is 1.92. The van der Waals surface area contributed by atoms with Crippen molar-refractivity contribution in [2.75, 3.05) is 47.9 Å². The third kappa shape index (κ3) is 7.34. The van der Waals surface area contributed by atoms with Crippen LogP contribution < -0.4 is 5.32 Å². The van der Waals surface area contributed by atoms with Gasteiger partial charge in [0.15, 0.2) is 5.96 Å². The molecule has 1 aromatic carbocycles. The molecule has 0 bridgehead atoms. The van der Waals surface area contributed by atoms with Gasteiger partial charge < -0.3 is 19.9 Å². The first-order valence-electron chi connectivity index (χ1n) is 7.37. The molecule has 0 aromatic heterocycles. The number of halogens is 1. The lowest BCUT2D eigenvalue weighted by Gasteiger charge is -2.23. The highest BCUT2D eigenvalue weighted by Crippen LogP contribution is 2.11. The molecule has 1 N–H and O–H groups in total. The number of rotatable bonds is 7. The Bertz CT molecular complexity index is 517. The molecule has 0 fully saturated rings. The second-order valence-electron chi connectivity index (χ2n) is 5.33. The van der Waals surface area contributed by atoms with Crippen LogP contribution in [0.15, 0.2) is 29.3 Å². The predicted molar refractivity (Wildman–Crippen MR) is 93.8 cm³/mol. The number of benzene rings is 1. The van der Waals surface area contributed by atoms with Crippen molar-refractivity contribution in [3.63, 3.8) is 0 Å². The highest BCUT2D eigenvalue weighted by molar-refractivity contribution is 6.30. The smallest absolute Gasteiger partial charge is 0.243 e. The quantitative estimate of drug-likeness (QED) is 0.464. The third-order valence-electron chi connectivity index (χ3n) is 3.15. The Labute approximate surface area is 143 Å². The average Bonchev–Trinajstić information content (AvgIpc) is 2.52. The fraction of sp³-hybridized carbons (Fsp3) is 0.500. The van der Waals surface area contributed by atoms with Crippen molar-refractivity contribution in [1.82, 2.24) is 15.1 Å². The first-order chi connectivity index (χ1) is 10.9. The predicted octanol–water partition coefficient (Wildman–Crippen LogP) is 1.45. The second kappa shape index (κ2) is 10.1. The molecular weight excluding hydrogens is 316 g/mol. The van der Waals surface area contributed by atoms with Crippen molar-refractivity contribution >= 4 is 23.5 Å². The molecule has 7 heteroatoms. The van der Waals surface area contributed by atoms with Gasteiger partial charge >= 0.3 is 0 Å². The van der Waals surface area contributed by atoms with E-state index in [1.165, 1.54) is 4.90 Å². The molecule has 0 aliphatic rings. The van der Waals surface area contributed by atoms with Crippen LogP contribution in [0.2, 0.25) is 5.02 Å². The van der Waals surface area contributed by atoms with E-state index in [0.29, 0.717) is 30.7 Å². The Kier molecular flexibility index (Phi) is 8.43. The summed E-state index contributed by atoms with van der Waals surface area (Å²) in [6.45, 7) is 1.95. The number of hydrogen-bond donors (Lipinski definition) is 1. The van der Waals surface area contributed by atoms with Crippen LogP contribution in [0.3, 0.4) is 0 Å². The lowest BCUT2D eigenvalue weighted by Crippen LogP contribution is -2.40. The van der Waals surface area contributed by atoms with Gasteiger partial charge in [-0.3, -0.25) is 4.79 Å². The largest absolute Gasteiger partial charge is 0.383 e. The molecule has 0 unspecified atom stereocenters. The van der Waals surface area contributed by atoms with E-state index in [9.17, 15) is 4.79 Å². The van der Waals surface area contributed by atoms with E-state index in [4.69, 9.17) is 16.3 Å². The number of carbonyl (C=O) groups excluding carboxylic acids is 1. The molecule has 1 aromatic rings. The van der Waals surface area contributed by atoms with Gasteiger partial charge in [-0.05, 0) is 17.7 Å². The number of aliphatic imine (C=N–C) groups is 1. The van der Waals surface area contributed by atoms with Crippen molar-refractivity contribution < 1.29 is 9.53 Å². The van der Waals surface area contributed by atoms with Gasteiger partial charge in [0.25, 0.3) is 0 Å². The number of carbonyl (C=O) groups is 1. The molecule has 0 saturated heterocycles. The third-order valence-corrected chi connectivity index (χ3v) is 3.40. The van der Waals surface area contributed by atoms with E-state index in [1.54, 1.807) is 21.2 Å². The summed E-state index contributed by atoms with van der Waals surface area (Å²) in [5.74, 6) is 0.614. The highest BCUT2D eigenvalue weighted by Gasteiger charge is 2.09. The molecular formula is C16H25ClN4O2. The summed E-state index contributed by atoms with van der Waals surface area (Å²) in [7, 11) is 7.00. The maximum Gasteiger partial charge on any atom is 0.243 e. The van der Waals surface area contributed by atoms with Gasteiger partial charge in [0.1, 0.15) is 6.54 Å². The molecule has 1 amide bonds. The molecule has 0 aliphatic carbocycles. The number of likely N-dealkylation sites (N-methyl/N-ethyl adjacent to an activating group) is 1. The van der Waals surface area contributed by atoms with E-state index in [2.05, 4.69) is 10.3 Å². The molecule has 0 radical (unpaired) electrons. The van der Waals surface area contributed by atoms with Gasteiger partial charge in [-0.25, -0.2) is 4.99 Å². The van der Waals surface area contributed by atoms with Gasteiger partial charge in [-0.15, -0.1) is 0 Å². The van der Waals surface area contributed by atoms with Gasteiger partial charge in [-0.2, -0.15) is 0 Å². The molecule has 0 aliphatic heterocycles.